The molecule has 0 aliphatic carbocycles. The Kier molecular flexibility index (Phi) is 6.65. The third-order valence-electron chi connectivity index (χ3n) is 6.16. The molecule has 3 N–H and O–H groups in total. The molecule has 0 spiro atoms. The zero-order valence-corrected chi connectivity index (χ0v) is 22.7. The summed E-state index contributed by atoms with van der Waals surface area (Å²) in [5.74, 6) is 0.352. The number of ether oxygens (including phenoxy) is 1. The second-order valence-corrected chi connectivity index (χ2v) is 11.9. The molecule has 10 heteroatoms. The van der Waals surface area contributed by atoms with Gasteiger partial charge in [-0.3, -0.25) is 10.0 Å². The SMILES string of the molecule is Cc1cc(NC(=O)Oc2[nH]c3ccc(NS(=O)(=O)c4ccc(C(C)(C)C)cc4)cc3c2-c2ccccc2)on1. The lowest BCUT2D eigenvalue weighted by Gasteiger charge is -2.19. The molecule has 0 fully saturated rings. The van der Waals surface area contributed by atoms with Crippen LogP contribution in [0.5, 0.6) is 5.88 Å². The molecule has 0 atom stereocenters. The van der Waals surface area contributed by atoms with E-state index in [2.05, 4.69) is 41.0 Å². The first-order valence-electron chi connectivity index (χ1n) is 12.3. The summed E-state index contributed by atoms with van der Waals surface area (Å²) in [7, 11) is -3.84. The number of hydrogen-bond acceptors (Lipinski definition) is 6. The fourth-order valence-electron chi connectivity index (χ4n) is 4.19. The highest BCUT2D eigenvalue weighted by Crippen LogP contribution is 2.39. The molecule has 0 saturated carbocycles. The quantitative estimate of drug-likeness (QED) is 0.215. The number of nitrogens with zero attached hydrogens (tertiary/aromatic N) is 1. The van der Waals surface area contributed by atoms with E-state index in [1.807, 2.05) is 42.5 Å². The van der Waals surface area contributed by atoms with E-state index in [-0.39, 0.29) is 22.1 Å². The van der Waals surface area contributed by atoms with E-state index < -0.39 is 16.1 Å². The van der Waals surface area contributed by atoms with Gasteiger partial charge in [0.15, 0.2) is 0 Å². The van der Waals surface area contributed by atoms with Crippen LogP contribution in [0.1, 0.15) is 32.0 Å². The summed E-state index contributed by atoms with van der Waals surface area (Å²) in [4.78, 5) is 15.9. The van der Waals surface area contributed by atoms with Gasteiger partial charge in [-0.05, 0) is 53.8 Å². The number of aromatic nitrogens is 2. The second-order valence-electron chi connectivity index (χ2n) is 10.2. The largest absolute Gasteiger partial charge is 0.420 e. The van der Waals surface area contributed by atoms with Gasteiger partial charge in [-0.1, -0.05) is 68.4 Å². The molecule has 5 aromatic rings. The molecular formula is C29H28N4O5S. The molecular weight excluding hydrogens is 516 g/mol. The number of hydrogen-bond donors (Lipinski definition) is 3. The molecule has 2 heterocycles. The summed E-state index contributed by atoms with van der Waals surface area (Å²) in [6, 6.07) is 22.9. The van der Waals surface area contributed by atoms with Crippen molar-refractivity contribution in [3.05, 3.63) is 90.1 Å². The van der Waals surface area contributed by atoms with Gasteiger partial charge < -0.3 is 14.2 Å². The van der Waals surface area contributed by atoms with Crippen molar-refractivity contribution in [1.82, 2.24) is 10.1 Å². The van der Waals surface area contributed by atoms with E-state index in [0.717, 1.165) is 11.1 Å². The number of carbonyl (C=O) groups is 1. The Morgan fingerprint density at radius 1 is 0.974 bits per heavy atom. The van der Waals surface area contributed by atoms with Crippen molar-refractivity contribution < 1.29 is 22.5 Å². The number of nitrogens with one attached hydrogen (secondary N) is 3. The average Bonchev–Trinajstić information content (AvgIpc) is 3.45. The first-order chi connectivity index (χ1) is 18.5. The third kappa shape index (κ3) is 5.65. The Labute approximate surface area is 226 Å². The molecule has 9 nitrogen and oxygen atoms in total. The first-order valence-corrected chi connectivity index (χ1v) is 13.7. The molecule has 3 aromatic carbocycles. The summed E-state index contributed by atoms with van der Waals surface area (Å²) in [6.07, 6.45) is -0.769. The zero-order valence-electron chi connectivity index (χ0n) is 21.9. The highest BCUT2D eigenvalue weighted by Gasteiger charge is 2.21. The lowest BCUT2D eigenvalue weighted by atomic mass is 9.87. The molecule has 200 valence electrons. The van der Waals surface area contributed by atoms with Crippen LogP contribution in [0.25, 0.3) is 22.0 Å². The standard InChI is InChI=1S/C29H28N4O5S/c1-18-16-25(38-32-18)31-28(34)37-27-26(19-8-6-5-7-9-19)23-17-21(12-15-24(23)30-27)33-39(35,36)22-13-10-20(11-14-22)29(2,3)4/h5-17,30,33H,1-4H3,(H,31,34). The molecule has 0 saturated heterocycles. The number of aromatic amines is 1. The Bertz CT molecular complexity index is 1750. The number of benzene rings is 3. The fraction of sp³-hybridized carbons (Fsp3) is 0.172. The van der Waals surface area contributed by atoms with Gasteiger partial charge in [-0.15, -0.1) is 0 Å². The molecule has 0 aliphatic rings. The predicted octanol–water partition coefficient (Wildman–Crippen LogP) is 6.84. The normalized spacial score (nSPS) is 11.9. The number of carbonyl (C=O) groups excluding carboxylic acids is 1. The van der Waals surface area contributed by atoms with Crippen molar-refractivity contribution in [3.63, 3.8) is 0 Å². The lowest BCUT2D eigenvalue weighted by Crippen LogP contribution is -2.16. The topological polar surface area (TPSA) is 126 Å². The van der Waals surface area contributed by atoms with E-state index >= 15 is 0 Å². The summed E-state index contributed by atoms with van der Waals surface area (Å²) < 4.78 is 39.7. The van der Waals surface area contributed by atoms with Gasteiger partial charge in [0.25, 0.3) is 10.0 Å². The van der Waals surface area contributed by atoms with Crippen LogP contribution in [0.4, 0.5) is 16.4 Å². The Morgan fingerprint density at radius 3 is 2.33 bits per heavy atom. The van der Waals surface area contributed by atoms with Crippen LogP contribution in [-0.2, 0) is 15.4 Å². The minimum absolute atomic E-state index is 0.0899. The number of sulfonamides is 1. The number of amides is 1. The van der Waals surface area contributed by atoms with Crippen molar-refractivity contribution in [2.45, 2.75) is 38.0 Å². The van der Waals surface area contributed by atoms with Crippen LogP contribution < -0.4 is 14.8 Å². The van der Waals surface area contributed by atoms with Crippen molar-refractivity contribution in [2.75, 3.05) is 10.0 Å². The molecule has 0 bridgehead atoms. The molecule has 0 unspecified atom stereocenters. The van der Waals surface area contributed by atoms with Crippen molar-refractivity contribution in [3.8, 4) is 17.0 Å². The van der Waals surface area contributed by atoms with Gasteiger partial charge >= 0.3 is 6.09 Å². The Balaban J connectivity index is 1.48. The van der Waals surface area contributed by atoms with Gasteiger partial charge in [0.05, 0.1) is 16.2 Å². The zero-order chi connectivity index (χ0) is 27.8. The maximum atomic E-state index is 13.2. The summed E-state index contributed by atoms with van der Waals surface area (Å²) in [6.45, 7) is 7.95. The lowest BCUT2D eigenvalue weighted by molar-refractivity contribution is 0.213. The monoisotopic (exact) mass is 544 g/mol. The van der Waals surface area contributed by atoms with Crippen LogP contribution in [0, 0.1) is 6.92 Å². The molecule has 2 aromatic heterocycles. The van der Waals surface area contributed by atoms with E-state index in [4.69, 9.17) is 9.26 Å². The molecule has 1 amide bonds. The number of fused-ring (bicyclic) bond motifs is 1. The summed E-state index contributed by atoms with van der Waals surface area (Å²) in [5.41, 5.74) is 3.97. The van der Waals surface area contributed by atoms with E-state index in [0.29, 0.717) is 27.8 Å². The number of H-pyrrole nitrogens is 1. The Morgan fingerprint density at radius 2 is 1.69 bits per heavy atom. The van der Waals surface area contributed by atoms with Crippen LogP contribution in [0.2, 0.25) is 0 Å². The second kappa shape index (κ2) is 9.95. The van der Waals surface area contributed by atoms with Gasteiger partial charge in [-0.2, -0.15) is 0 Å². The molecule has 0 radical (unpaired) electrons. The summed E-state index contributed by atoms with van der Waals surface area (Å²) in [5, 5.41) is 6.92. The molecule has 0 aliphatic heterocycles. The van der Waals surface area contributed by atoms with Crippen LogP contribution in [0.15, 0.2) is 88.3 Å². The van der Waals surface area contributed by atoms with E-state index in [9.17, 15) is 13.2 Å². The maximum absolute atomic E-state index is 13.2. The van der Waals surface area contributed by atoms with Gasteiger partial charge in [-0.25, -0.2) is 13.2 Å². The van der Waals surface area contributed by atoms with Crippen LogP contribution in [-0.4, -0.2) is 24.7 Å². The number of anilines is 2. The average molecular weight is 545 g/mol. The summed E-state index contributed by atoms with van der Waals surface area (Å²) >= 11 is 0. The van der Waals surface area contributed by atoms with Crippen molar-refractivity contribution in [1.29, 1.82) is 0 Å². The van der Waals surface area contributed by atoms with Gasteiger partial charge in [0, 0.05) is 22.7 Å². The van der Waals surface area contributed by atoms with Crippen molar-refractivity contribution in [2.24, 2.45) is 0 Å². The minimum Gasteiger partial charge on any atom is -0.392 e. The van der Waals surface area contributed by atoms with Crippen molar-refractivity contribution >= 4 is 38.6 Å². The minimum atomic E-state index is -3.84. The van der Waals surface area contributed by atoms with E-state index in [1.165, 1.54) is 0 Å². The molecule has 39 heavy (non-hydrogen) atoms. The highest BCUT2D eigenvalue weighted by molar-refractivity contribution is 7.92. The van der Waals surface area contributed by atoms with Gasteiger partial charge in [0.2, 0.25) is 11.8 Å². The molecule has 5 rings (SSSR count). The maximum Gasteiger partial charge on any atom is 0.420 e. The Hall–Kier alpha value is -4.57. The number of rotatable bonds is 6. The fourth-order valence-corrected chi connectivity index (χ4v) is 5.24. The first kappa shape index (κ1) is 26.1. The predicted molar refractivity (Wildman–Crippen MR) is 151 cm³/mol. The van der Waals surface area contributed by atoms with Gasteiger partial charge in [0.1, 0.15) is 0 Å². The highest BCUT2D eigenvalue weighted by atomic mass is 32.2. The van der Waals surface area contributed by atoms with Crippen LogP contribution in [0.3, 0.4) is 0 Å². The van der Waals surface area contributed by atoms with Crippen LogP contribution >= 0.6 is 0 Å². The number of aryl methyl sites for hydroxylation is 1. The third-order valence-corrected chi connectivity index (χ3v) is 7.55. The van der Waals surface area contributed by atoms with E-state index in [1.54, 1.807) is 43.3 Å². The smallest absolute Gasteiger partial charge is 0.392 e.